The van der Waals surface area contributed by atoms with Gasteiger partial charge in [0.2, 0.25) is 0 Å². The van der Waals surface area contributed by atoms with Crippen molar-refractivity contribution in [3.05, 3.63) is 192 Å². The highest BCUT2D eigenvalue weighted by Crippen LogP contribution is 2.43. The number of hydrogen-bond acceptors (Lipinski definition) is 4. The number of aromatic nitrogens is 2. The van der Waals surface area contributed by atoms with E-state index >= 15 is 0 Å². The summed E-state index contributed by atoms with van der Waals surface area (Å²) in [6, 6.07) is 54.8. The Morgan fingerprint density at radius 3 is 1.82 bits per heavy atom. The fourth-order valence-electron chi connectivity index (χ4n) is 8.88. The van der Waals surface area contributed by atoms with E-state index in [-0.39, 0.29) is 16.2 Å². The fourth-order valence-corrected chi connectivity index (χ4v) is 8.88. The largest absolute Gasteiger partial charge is 0.457 e. The predicted octanol–water partition coefficient (Wildman–Crippen LogP) is 15.1. The quantitative estimate of drug-likeness (QED) is 0.153. The van der Waals surface area contributed by atoms with Crippen molar-refractivity contribution in [2.24, 2.45) is 0 Å². The van der Waals surface area contributed by atoms with Crippen LogP contribution in [0.2, 0.25) is 0 Å². The van der Waals surface area contributed by atoms with Crippen molar-refractivity contribution >= 4 is 33.2 Å². The summed E-state index contributed by atoms with van der Waals surface area (Å²) in [6.45, 7) is 23.4. The second-order valence-corrected chi connectivity index (χ2v) is 19.5. The summed E-state index contributed by atoms with van der Waals surface area (Å²) in [5, 5.41) is 2.32. The molecule has 0 radical (unpaired) electrons. The van der Waals surface area contributed by atoms with Crippen LogP contribution in [0.25, 0.3) is 38.8 Å². The van der Waals surface area contributed by atoms with E-state index in [1.165, 1.54) is 55.8 Å². The molecule has 0 amide bonds. The molecule has 1 aliphatic rings. The summed E-state index contributed by atoms with van der Waals surface area (Å²) in [5.74, 6) is 2.45. The van der Waals surface area contributed by atoms with E-state index in [1.807, 2.05) is 6.20 Å². The fraction of sp³-hybridized carbons (Fsp3) is 0.246. The first-order valence-corrected chi connectivity index (χ1v) is 21.9. The molecule has 62 heavy (non-hydrogen) atoms. The summed E-state index contributed by atoms with van der Waals surface area (Å²) in [7, 11) is 0. The number of pyridine rings is 1. The van der Waals surface area contributed by atoms with E-state index in [4.69, 9.17) is 9.72 Å². The monoisotopic (exact) mass is 814 g/mol. The smallest absolute Gasteiger partial charge is 0.137 e. The molecule has 312 valence electrons. The normalized spacial score (nSPS) is 13.8. The maximum absolute atomic E-state index is 7.05. The lowest BCUT2D eigenvalue weighted by atomic mass is 9.78. The minimum absolute atomic E-state index is 0.0314. The maximum Gasteiger partial charge on any atom is 0.137 e. The van der Waals surface area contributed by atoms with Crippen LogP contribution in [0.1, 0.15) is 91.5 Å². The number of fused-ring (bicyclic) bond motifs is 3. The minimum Gasteiger partial charge on any atom is -0.457 e. The third-order valence-electron chi connectivity index (χ3n) is 13.0. The zero-order valence-corrected chi connectivity index (χ0v) is 37.9. The van der Waals surface area contributed by atoms with Gasteiger partial charge in [-0.15, -0.1) is 0 Å². The minimum atomic E-state index is -0.293. The van der Waals surface area contributed by atoms with E-state index in [2.05, 4.69) is 235 Å². The second-order valence-electron chi connectivity index (χ2n) is 19.5. The van der Waals surface area contributed by atoms with Gasteiger partial charge in [0.05, 0.1) is 17.7 Å². The van der Waals surface area contributed by atoms with E-state index in [9.17, 15) is 0 Å². The van der Waals surface area contributed by atoms with Crippen LogP contribution in [0.3, 0.4) is 0 Å². The van der Waals surface area contributed by atoms with Gasteiger partial charge >= 0.3 is 0 Å². The summed E-state index contributed by atoms with van der Waals surface area (Å²) < 4.78 is 9.35. The van der Waals surface area contributed by atoms with Crippen molar-refractivity contribution in [1.82, 2.24) is 9.55 Å². The Labute approximate surface area is 367 Å². The molecule has 0 bridgehead atoms. The Morgan fingerprint density at radius 2 is 1.11 bits per heavy atom. The first kappa shape index (κ1) is 40.8. The van der Waals surface area contributed by atoms with Crippen molar-refractivity contribution in [2.75, 3.05) is 16.5 Å². The molecule has 0 unspecified atom stereocenters. The lowest BCUT2D eigenvalue weighted by molar-refractivity contribution is 0.480. The standard InChI is InChI=1S/C57H58N4O/c1-38-39(2)60(37-59(38)46-23-17-22-43(31-46)55(3,4)5)47-32-45(57(9,10)42-20-15-12-16-21-42)33-49(35-47)62-48-25-26-50-51-30-41(40-18-13-11-14-19-40)24-27-52(51)61(53(50)36-48)54-34-44(28-29-58-54)56(6,7)8/h11-36H,37H2,1-10H3. The van der Waals surface area contributed by atoms with E-state index < -0.39 is 0 Å². The van der Waals surface area contributed by atoms with Gasteiger partial charge in [-0.3, -0.25) is 4.57 Å². The summed E-state index contributed by atoms with van der Waals surface area (Å²) >= 11 is 0. The highest BCUT2D eigenvalue weighted by atomic mass is 16.5. The first-order valence-electron chi connectivity index (χ1n) is 21.9. The van der Waals surface area contributed by atoms with Crippen molar-refractivity contribution in [3.63, 3.8) is 0 Å². The van der Waals surface area contributed by atoms with Gasteiger partial charge in [-0.1, -0.05) is 134 Å². The van der Waals surface area contributed by atoms with Crippen LogP contribution >= 0.6 is 0 Å². The molecule has 0 aliphatic carbocycles. The Hall–Kier alpha value is -6.59. The highest BCUT2D eigenvalue weighted by Gasteiger charge is 2.30. The zero-order chi connectivity index (χ0) is 43.6. The third kappa shape index (κ3) is 7.55. The van der Waals surface area contributed by atoms with E-state index in [0.717, 1.165) is 39.4 Å². The molecule has 5 heteroatoms. The van der Waals surface area contributed by atoms with Crippen LogP contribution in [0, 0.1) is 0 Å². The number of rotatable bonds is 8. The van der Waals surface area contributed by atoms with Crippen molar-refractivity contribution < 1.29 is 4.74 Å². The average molecular weight is 815 g/mol. The van der Waals surface area contributed by atoms with Crippen molar-refractivity contribution in [1.29, 1.82) is 0 Å². The molecular formula is C57H58N4O. The molecule has 8 aromatic rings. The van der Waals surface area contributed by atoms with Crippen molar-refractivity contribution in [2.45, 2.75) is 85.5 Å². The molecule has 5 nitrogen and oxygen atoms in total. The van der Waals surface area contributed by atoms with Gasteiger partial charge in [0, 0.05) is 57.3 Å². The van der Waals surface area contributed by atoms with Gasteiger partial charge in [-0.2, -0.15) is 0 Å². The van der Waals surface area contributed by atoms with Gasteiger partial charge < -0.3 is 14.5 Å². The lowest BCUT2D eigenvalue weighted by Crippen LogP contribution is -2.28. The molecule has 0 fully saturated rings. The number of benzene rings is 6. The Kier molecular flexibility index (Phi) is 10.1. The summed E-state index contributed by atoms with van der Waals surface area (Å²) in [5.41, 5.74) is 14.0. The Bertz CT molecular complexity index is 2980. The molecule has 1 aliphatic heterocycles. The average Bonchev–Trinajstić information content (AvgIpc) is 3.75. The molecule has 0 saturated carbocycles. The molecule has 2 aromatic heterocycles. The second kappa shape index (κ2) is 15.4. The molecule has 0 atom stereocenters. The molecule has 3 heterocycles. The first-order chi connectivity index (χ1) is 29.6. The topological polar surface area (TPSA) is 33.5 Å². The summed E-state index contributed by atoms with van der Waals surface area (Å²) in [4.78, 5) is 9.83. The number of allylic oxidation sites excluding steroid dienone is 2. The number of nitrogens with zero attached hydrogens (tertiary/aromatic N) is 4. The number of hydrogen-bond donors (Lipinski definition) is 0. The van der Waals surface area contributed by atoms with E-state index in [0.29, 0.717) is 6.67 Å². The Balaban J connectivity index is 1.17. The third-order valence-corrected chi connectivity index (χ3v) is 13.0. The lowest BCUT2D eigenvalue weighted by Gasteiger charge is -2.30. The number of anilines is 2. The summed E-state index contributed by atoms with van der Waals surface area (Å²) in [6.07, 6.45) is 1.94. The van der Waals surface area contributed by atoms with Crippen LogP contribution in [-0.4, -0.2) is 16.2 Å². The van der Waals surface area contributed by atoms with Gasteiger partial charge in [0.25, 0.3) is 0 Å². The highest BCUT2D eigenvalue weighted by molar-refractivity contribution is 6.10. The molecular weight excluding hydrogens is 757 g/mol. The molecule has 6 aromatic carbocycles. The molecule has 0 N–H and O–H groups in total. The molecule has 0 spiro atoms. The van der Waals surface area contributed by atoms with Crippen LogP contribution in [-0.2, 0) is 16.2 Å². The number of ether oxygens (including phenoxy) is 1. The predicted molar refractivity (Wildman–Crippen MR) is 261 cm³/mol. The van der Waals surface area contributed by atoms with Crippen LogP contribution < -0.4 is 14.5 Å². The van der Waals surface area contributed by atoms with Gasteiger partial charge in [0.1, 0.15) is 17.3 Å². The van der Waals surface area contributed by atoms with E-state index in [1.54, 1.807) is 0 Å². The van der Waals surface area contributed by atoms with Gasteiger partial charge in [-0.25, -0.2) is 4.98 Å². The molecule has 9 rings (SSSR count). The SMILES string of the molecule is CC1=C(C)N(c2cc(Oc3ccc4c5cc(-c6ccccc6)ccc5n(-c5cc(C(C)(C)C)ccn5)c4c3)cc(C(C)(C)c3ccccc3)c2)CN1c1cccc(C(C)(C)C)c1. The molecule has 0 saturated heterocycles. The van der Waals surface area contributed by atoms with Crippen LogP contribution in [0.15, 0.2) is 169 Å². The van der Waals surface area contributed by atoms with Crippen LogP contribution in [0.5, 0.6) is 11.5 Å². The van der Waals surface area contributed by atoms with Crippen molar-refractivity contribution in [3.8, 4) is 28.4 Å². The van der Waals surface area contributed by atoms with Crippen LogP contribution in [0.4, 0.5) is 11.4 Å². The van der Waals surface area contributed by atoms with Gasteiger partial charge in [-0.05, 0) is 119 Å². The van der Waals surface area contributed by atoms with Gasteiger partial charge in [0.15, 0.2) is 0 Å². The zero-order valence-electron chi connectivity index (χ0n) is 37.9. The Morgan fingerprint density at radius 1 is 0.468 bits per heavy atom. The maximum atomic E-state index is 7.05.